The molecule has 1 atom stereocenters. The van der Waals surface area contributed by atoms with E-state index < -0.39 is 4.92 Å². The maximum Gasteiger partial charge on any atom is 0.292 e. The average Bonchev–Trinajstić information content (AvgIpc) is 2.36. The number of amides is 1. The molecule has 0 aliphatic rings. The molecule has 0 aromatic heterocycles. The molecule has 0 bridgehead atoms. The van der Waals surface area contributed by atoms with E-state index in [0.717, 1.165) is 12.2 Å². The first-order valence-corrected chi connectivity index (χ1v) is 7.19. The van der Waals surface area contributed by atoms with Crippen molar-refractivity contribution in [2.75, 3.05) is 17.7 Å². The molecule has 7 heteroatoms. The summed E-state index contributed by atoms with van der Waals surface area (Å²) >= 11 is 1.70. The Kier molecular flexibility index (Phi) is 5.62. The van der Waals surface area contributed by atoms with Gasteiger partial charge in [-0.2, -0.15) is 11.8 Å². The van der Waals surface area contributed by atoms with Crippen LogP contribution in [0.1, 0.15) is 23.7 Å². The number of nitro benzene ring substituents is 1. The summed E-state index contributed by atoms with van der Waals surface area (Å²) in [4.78, 5) is 22.2. The van der Waals surface area contributed by atoms with E-state index in [1.807, 2.05) is 13.2 Å². The highest BCUT2D eigenvalue weighted by Gasteiger charge is 2.19. The summed E-state index contributed by atoms with van der Waals surface area (Å²) in [6, 6.07) is 4.22. The highest BCUT2D eigenvalue weighted by Crippen LogP contribution is 2.24. The Labute approximate surface area is 115 Å². The minimum Gasteiger partial charge on any atom is -0.393 e. The number of para-hydroxylation sites is 1. The van der Waals surface area contributed by atoms with E-state index in [9.17, 15) is 14.9 Å². The van der Waals surface area contributed by atoms with Gasteiger partial charge in [0.15, 0.2) is 0 Å². The number of anilines is 1. The Balaban J connectivity index is 2.83. The fourth-order valence-electron chi connectivity index (χ4n) is 1.58. The number of benzene rings is 1. The molecule has 0 spiro atoms. The first kappa shape index (κ1) is 15.3. The van der Waals surface area contributed by atoms with E-state index in [1.165, 1.54) is 18.2 Å². The van der Waals surface area contributed by atoms with E-state index in [2.05, 4.69) is 5.32 Å². The van der Waals surface area contributed by atoms with Crippen LogP contribution in [0.2, 0.25) is 0 Å². The summed E-state index contributed by atoms with van der Waals surface area (Å²) in [5.74, 6) is 0.557. The summed E-state index contributed by atoms with van der Waals surface area (Å²) in [7, 11) is 0. The molecule has 0 radical (unpaired) electrons. The molecule has 0 fully saturated rings. The third kappa shape index (κ3) is 4.13. The molecule has 6 nitrogen and oxygen atoms in total. The first-order chi connectivity index (χ1) is 8.97. The smallest absolute Gasteiger partial charge is 0.292 e. The number of thioether (sulfide) groups is 1. The number of nitrogens with one attached hydrogen (secondary N) is 1. The molecule has 1 aromatic rings. The lowest BCUT2D eigenvalue weighted by Gasteiger charge is -2.14. The van der Waals surface area contributed by atoms with Crippen LogP contribution >= 0.6 is 11.8 Å². The second-order valence-electron chi connectivity index (χ2n) is 4.15. The van der Waals surface area contributed by atoms with Gasteiger partial charge in [0.1, 0.15) is 5.69 Å². The predicted octanol–water partition coefficient (Wildman–Crippen LogP) is 2.05. The minimum absolute atomic E-state index is 0.00128. The summed E-state index contributed by atoms with van der Waals surface area (Å²) in [6.45, 7) is 1.89. The molecule has 19 heavy (non-hydrogen) atoms. The van der Waals surface area contributed by atoms with Crippen molar-refractivity contribution in [3.8, 4) is 0 Å². The first-order valence-electron chi connectivity index (χ1n) is 5.80. The largest absolute Gasteiger partial charge is 0.393 e. The highest BCUT2D eigenvalue weighted by atomic mass is 32.2. The van der Waals surface area contributed by atoms with Crippen LogP contribution in [0, 0.1) is 10.1 Å². The van der Waals surface area contributed by atoms with Crippen LogP contribution < -0.4 is 11.1 Å². The van der Waals surface area contributed by atoms with Gasteiger partial charge < -0.3 is 11.1 Å². The van der Waals surface area contributed by atoms with Crippen LogP contribution in [-0.2, 0) is 0 Å². The maximum absolute atomic E-state index is 12.0. The Morgan fingerprint density at radius 2 is 2.26 bits per heavy atom. The number of nitrogens with two attached hydrogens (primary N) is 1. The van der Waals surface area contributed by atoms with Gasteiger partial charge in [0, 0.05) is 12.1 Å². The molecule has 0 saturated carbocycles. The number of rotatable bonds is 6. The van der Waals surface area contributed by atoms with E-state index in [-0.39, 0.29) is 28.9 Å². The van der Waals surface area contributed by atoms with E-state index in [0.29, 0.717) is 0 Å². The average molecular weight is 283 g/mol. The zero-order chi connectivity index (χ0) is 14.4. The molecule has 104 valence electrons. The zero-order valence-corrected chi connectivity index (χ0v) is 11.7. The predicted molar refractivity (Wildman–Crippen MR) is 77.4 cm³/mol. The number of nitro groups is 1. The third-order valence-corrected chi connectivity index (χ3v) is 3.30. The Morgan fingerprint density at radius 1 is 1.58 bits per heavy atom. The second-order valence-corrected chi connectivity index (χ2v) is 5.14. The van der Waals surface area contributed by atoms with Crippen molar-refractivity contribution >= 4 is 29.0 Å². The van der Waals surface area contributed by atoms with Gasteiger partial charge in [-0.1, -0.05) is 6.07 Å². The van der Waals surface area contributed by atoms with Crippen LogP contribution in [0.4, 0.5) is 11.4 Å². The fourth-order valence-corrected chi connectivity index (χ4v) is 2.17. The zero-order valence-electron chi connectivity index (χ0n) is 10.9. The van der Waals surface area contributed by atoms with Crippen LogP contribution in [0.5, 0.6) is 0 Å². The molecule has 0 heterocycles. The quantitative estimate of drug-likeness (QED) is 0.473. The summed E-state index contributed by atoms with van der Waals surface area (Å²) in [6.07, 6.45) is 2.83. The monoisotopic (exact) mass is 283 g/mol. The molecule has 1 aromatic carbocycles. The molecule has 0 aliphatic heterocycles. The van der Waals surface area contributed by atoms with Gasteiger partial charge in [-0.05, 0) is 31.4 Å². The topological polar surface area (TPSA) is 98.3 Å². The third-order valence-electron chi connectivity index (χ3n) is 2.66. The summed E-state index contributed by atoms with van der Waals surface area (Å²) < 4.78 is 0. The standard InChI is InChI=1S/C12H17N3O3S/c1-8(6-7-19-2)14-12(16)9-4-3-5-10(11(9)13)15(17)18/h3-5,8H,6-7,13H2,1-2H3,(H,14,16). The van der Waals surface area contributed by atoms with Crippen LogP contribution in [-0.4, -0.2) is 28.9 Å². The maximum atomic E-state index is 12.0. The van der Waals surface area contributed by atoms with Crippen molar-refractivity contribution < 1.29 is 9.72 Å². The van der Waals surface area contributed by atoms with Crippen molar-refractivity contribution in [1.82, 2.24) is 5.32 Å². The number of nitrogens with zero attached hydrogens (tertiary/aromatic N) is 1. The number of nitrogen functional groups attached to an aromatic ring is 1. The molecular weight excluding hydrogens is 266 g/mol. The Bertz CT molecular complexity index is 479. The van der Waals surface area contributed by atoms with Gasteiger partial charge in [-0.15, -0.1) is 0 Å². The summed E-state index contributed by atoms with van der Waals surface area (Å²) in [5, 5.41) is 13.5. The van der Waals surface area contributed by atoms with Crippen LogP contribution in [0.25, 0.3) is 0 Å². The lowest BCUT2D eigenvalue weighted by Crippen LogP contribution is -2.33. The lowest BCUT2D eigenvalue weighted by atomic mass is 10.1. The lowest BCUT2D eigenvalue weighted by molar-refractivity contribution is -0.383. The fraction of sp³-hybridized carbons (Fsp3) is 0.417. The molecule has 1 rings (SSSR count). The molecule has 3 N–H and O–H groups in total. The number of hydrogen-bond acceptors (Lipinski definition) is 5. The van der Waals surface area contributed by atoms with Gasteiger partial charge >= 0.3 is 0 Å². The number of carbonyl (C=O) groups is 1. The number of carbonyl (C=O) groups excluding carboxylic acids is 1. The van der Waals surface area contributed by atoms with Crippen molar-refractivity contribution in [3.05, 3.63) is 33.9 Å². The van der Waals surface area contributed by atoms with Gasteiger partial charge in [0.05, 0.1) is 10.5 Å². The minimum atomic E-state index is -0.594. The Hall–Kier alpha value is -1.76. The van der Waals surface area contributed by atoms with E-state index in [4.69, 9.17) is 5.73 Å². The van der Waals surface area contributed by atoms with Gasteiger partial charge in [-0.3, -0.25) is 14.9 Å². The second kappa shape index (κ2) is 6.98. The molecule has 1 unspecified atom stereocenters. The summed E-state index contributed by atoms with van der Waals surface area (Å²) in [5.41, 5.74) is 5.46. The van der Waals surface area contributed by atoms with Crippen molar-refractivity contribution in [3.63, 3.8) is 0 Å². The van der Waals surface area contributed by atoms with E-state index in [1.54, 1.807) is 11.8 Å². The van der Waals surface area contributed by atoms with Crippen molar-refractivity contribution in [1.29, 1.82) is 0 Å². The highest BCUT2D eigenvalue weighted by molar-refractivity contribution is 7.98. The molecule has 0 aliphatic carbocycles. The van der Waals surface area contributed by atoms with Crippen molar-refractivity contribution in [2.24, 2.45) is 0 Å². The van der Waals surface area contributed by atoms with Crippen LogP contribution in [0.15, 0.2) is 18.2 Å². The Morgan fingerprint density at radius 3 is 2.84 bits per heavy atom. The van der Waals surface area contributed by atoms with Gasteiger partial charge in [0.2, 0.25) is 0 Å². The van der Waals surface area contributed by atoms with Crippen LogP contribution in [0.3, 0.4) is 0 Å². The SMILES string of the molecule is CSCCC(C)NC(=O)c1cccc([N+](=O)[O-])c1N. The van der Waals surface area contributed by atoms with Gasteiger partial charge in [-0.25, -0.2) is 0 Å². The normalized spacial score (nSPS) is 11.9. The van der Waals surface area contributed by atoms with Gasteiger partial charge in [0.25, 0.3) is 11.6 Å². The van der Waals surface area contributed by atoms with E-state index >= 15 is 0 Å². The molecule has 1 amide bonds. The van der Waals surface area contributed by atoms with Crippen molar-refractivity contribution in [2.45, 2.75) is 19.4 Å². The number of hydrogen-bond donors (Lipinski definition) is 2. The molecule has 0 saturated heterocycles. The molecular formula is C12H17N3O3S.